The molecular weight excluding hydrogens is 981 g/mol. The van der Waals surface area contributed by atoms with Crippen LogP contribution in [-0.4, -0.2) is 14.5 Å². The van der Waals surface area contributed by atoms with Crippen molar-refractivity contribution in [3.63, 3.8) is 0 Å². The molecule has 4 nitrogen and oxygen atoms in total. The average molecular weight is 1030 g/mol. The number of aromatic nitrogens is 3. The summed E-state index contributed by atoms with van der Waals surface area (Å²) < 4.78 is 2.37. The number of nitrogens with zero attached hydrogens (tertiary/aromatic N) is 4. The molecule has 0 unspecified atom stereocenters. The van der Waals surface area contributed by atoms with Crippen LogP contribution in [0.3, 0.4) is 0 Å². The third-order valence-corrected chi connectivity index (χ3v) is 17.4. The molecule has 0 saturated carbocycles. The minimum absolute atomic E-state index is 0.499. The lowest BCUT2D eigenvalue weighted by Gasteiger charge is -2.30. The van der Waals surface area contributed by atoms with Crippen molar-refractivity contribution in [2.75, 3.05) is 4.90 Å². The van der Waals surface area contributed by atoms with Crippen LogP contribution in [0.15, 0.2) is 291 Å². The molecule has 2 aliphatic rings. The molecule has 376 valence electrons. The highest BCUT2D eigenvalue weighted by molar-refractivity contribution is 6.23. The van der Waals surface area contributed by atoms with Gasteiger partial charge in [-0.2, -0.15) is 0 Å². The van der Waals surface area contributed by atoms with Crippen molar-refractivity contribution in [2.24, 2.45) is 0 Å². The summed E-state index contributed by atoms with van der Waals surface area (Å²) in [6.07, 6.45) is 0. The van der Waals surface area contributed by atoms with Gasteiger partial charge in [0.05, 0.1) is 38.9 Å². The molecule has 0 radical (unpaired) electrons. The van der Waals surface area contributed by atoms with Gasteiger partial charge in [0.1, 0.15) is 0 Å². The number of rotatable bonds is 7. The van der Waals surface area contributed by atoms with Gasteiger partial charge in [-0.25, -0.2) is 9.97 Å². The second-order valence-electron chi connectivity index (χ2n) is 21.5. The summed E-state index contributed by atoms with van der Waals surface area (Å²) in [4.78, 5) is 14.0. The van der Waals surface area contributed by atoms with Crippen LogP contribution in [0.2, 0.25) is 0 Å². The van der Waals surface area contributed by atoms with Gasteiger partial charge in [0, 0.05) is 55.4 Å². The van der Waals surface area contributed by atoms with E-state index < -0.39 is 5.41 Å². The molecule has 0 amide bonds. The molecule has 2 aliphatic carbocycles. The van der Waals surface area contributed by atoms with Gasteiger partial charge in [0.15, 0.2) is 0 Å². The van der Waals surface area contributed by atoms with Crippen LogP contribution in [0.5, 0.6) is 0 Å². The first-order chi connectivity index (χ1) is 40.2. The van der Waals surface area contributed by atoms with Crippen LogP contribution >= 0.6 is 0 Å². The molecule has 0 atom stereocenters. The Balaban J connectivity index is 0.817. The molecule has 0 aliphatic heterocycles. The Kier molecular flexibility index (Phi) is 9.89. The van der Waals surface area contributed by atoms with E-state index in [9.17, 15) is 0 Å². The largest absolute Gasteiger partial charge is 0.311 e. The van der Waals surface area contributed by atoms with E-state index >= 15 is 0 Å². The molecule has 4 heteroatoms. The van der Waals surface area contributed by atoms with Crippen molar-refractivity contribution in [3.05, 3.63) is 313 Å². The fourth-order valence-electron chi connectivity index (χ4n) is 13.9. The summed E-state index contributed by atoms with van der Waals surface area (Å²) in [7, 11) is 0. The molecule has 0 N–H and O–H groups in total. The van der Waals surface area contributed by atoms with E-state index in [-0.39, 0.29) is 0 Å². The summed E-state index contributed by atoms with van der Waals surface area (Å²) in [5.74, 6) is 0. The van der Waals surface area contributed by atoms with E-state index in [0.29, 0.717) is 0 Å². The lowest BCUT2D eigenvalue weighted by molar-refractivity contribution is 0.794. The van der Waals surface area contributed by atoms with Gasteiger partial charge in [-0.05, 0) is 139 Å². The smallest absolute Gasteiger partial charge is 0.0979 e. The molecule has 0 fully saturated rings. The maximum Gasteiger partial charge on any atom is 0.0979 e. The van der Waals surface area contributed by atoms with Crippen LogP contribution < -0.4 is 4.90 Å². The maximum atomic E-state index is 5.84. The van der Waals surface area contributed by atoms with Gasteiger partial charge < -0.3 is 9.47 Å². The van der Waals surface area contributed by atoms with Crippen molar-refractivity contribution in [1.82, 2.24) is 14.5 Å². The van der Waals surface area contributed by atoms with Crippen LogP contribution in [-0.2, 0) is 5.41 Å². The second kappa shape index (κ2) is 17.7. The predicted molar refractivity (Wildman–Crippen MR) is 336 cm³/mol. The van der Waals surface area contributed by atoms with Crippen LogP contribution in [0.25, 0.3) is 116 Å². The standard InChI is InChI=1S/C77H48N4/c1-3-19-53(20-4-1)80(55-41-35-49(36-42-55)51-40-46-72-66(47-51)63-28-14-18-34-71(63)81(72)54-21-5-2-6-22-54)56-43-37-50(38-44-56)73-74(79-76-65-30-10-8-24-58(65)57-23-7-9-29-64(57)75(76)78-73)52-39-45-62-61-27-13-17-33-69(61)77(70(62)48-52)67-31-15-11-25-59(67)60-26-12-16-32-68(60)77/h1-48H. The van der Waals surface area contributed by atoms with E-state index in [2.05, 4.69) is 301 Å². The summed E-state index contributed by atoms with van der Waals surface area (Å²) in [6.45, 7) is 0. The first kappa shape index (κ1) is 45.3. The normalized spacial score (nSPS) is 12.8. The second-order valence-corrected chi connectivity index (χ2v) is 21.5. The third-order valence-electron chi connectivity index (χ3n) is 17.4. The number of hydrogen-bond donors (Lipinski definition) is 0. The van der Waals surface area contributed by atoms with Crippen molar-refractivity contribution in [1.29, 1.82) is 0 Å². The van der Waals surface area contributed by atoms with Crippen LogP contribution in [0.4, 0.5) is 17.1 Å². The van der Waals surface area contributed by atoms with Gasteiger partial charge in [-0.3, -0.25) is 0 Å². The molecule has 2 heterocycles. The zero-order chi connectivity index (χ0) is 53.2. The Bertz CT molecular complexity index is 4980. The number of hydrogen-bond acceptors (Lipinski definition) is 3. The van der Waals surface area contributed by atoms with Crippen molar-refractivity contribution >= 4 is 71.4 Å². The van der Waals surface area contributed by atoms with Crippen LogP contribution in [0.1, 0.15) is 22.3 Å². The van der Waals surface area contributed by atoms with E-state index in [1.54, 1.807) is 0 Å². The molecular formula is C77H48N4. The zero-order valence-electron chi connectivity index (χ0n) is 44.0. The number of fused-ring (bicyclic) bond motifs is 19. The maximum absolute atomic E-state index is 5.84. The Hall–Kier alpha value is -10.7. The monoisotopic (exact) mass is 1030 g/mol. The Morgan fingerprint density at radius 2 is 0.691 bits per heavy atom. The van der Waals surface area contributed by atoms with E-state index in [0.717, 1.165) is 72.6 Å². The van der Waals surface area contributed by atoms with Crippen molar-refractivity contribution in [2.45, 2.75) is 5.41 Å². The van der Waals surface area contributed by atoms with Gasteiger partial charge in [0.2, 0.25) is 0 Å². The highest BCUT2D eigenvalue weighted by Gasteiger charge is 2.51. The first-order valence-electron chi connectivity index (χ1n) is 27.9. The summed E-state index contributed by atoms with van der Waals surface area (Å²) >= 11 is 0. The minimum atomic E-state index is -0.499. The van der Waals surface area contributed by atoms with E-state index in [1.165, 1.54) is 82.6 Å². The Morgan fingerprint density at radius 1 is 0.272 bits per heavy atom. The van der Waals surface area contributed by atoms with Crippen molar-refractivity contribution < 1.29 is 0 Å². The quantitative estimate of drug-likeness (QED) is 0.149. The molecule has 81 heavy (non-hydrogen) atoms. The summed E-state index contributed by atoms with van der Waals surface area (Å²) in [5, 5.41) is 6.99. The summed E-state index contributed by atoms with van der Waals surface area (Å²) in [6, 6.07) is 106. The van der Waals surface area contributed by atoms with Gasteiger partial charge in [-0.1, -0.05) is 218 Å². The van der Waals surface area contributed by atoms with Crippen molar-refractivity contribution in [3.8, 4) is 61.6 Å². The predicted octanol–water partition coefficient (Wildman–Crippen LogP) is 19.8. The molecule has 2 aromatic heterocycles. The van der Waals surface area contributed by atoms with Crippen LogP contribution in [0, 0.1) is 0 Å². The van der Waals surface area contributed by atoms with E-state index in [1.807, 2.05) is 0 Å². The Labute approximate surface area is 468 Å². The molecule has 17 rings (SSSR count). The Morgan fingerprint density at radius 3 is 1.28 bits per heavy atom. The lowest BCUT2D eigenvalue weighted by atomic mass is 9.70. The highest BCUT2D eigenvalue weighted by atomic mass is 15.1. The minimum Gasteiger partial charge on any atom is -0.311 e. The number of anilines is 3. The fraction of sp³-hybridized carbons (Fsp3) is 0.0130. The molecule has 0 bridgehead atoms. The first-order valence-corrected chi connectivity index (χ1v) is 27.9. The summed E-state index contributed by atoms with van der Waals surface area (Å²) in [5.41, 5.74) is 24.3. The molecule has 0 saturated heterocycles. The molecule has 15 aromatic rings. The van der Waals surface area contributed by atoms with E-state index in [4.69, 9.17) is 9.97 Å². The van der Waals surface area contributed by atoms with Gasteiger partial charge in [0.25, 0.3) is 0 Å². The number of benzene rings is 13. The molecule has 13 aromatic carbocycles. The highest BCUT2D eigenvalue weighted by Crippen LogP contribution is 2.63. The lowest BCUT2D eigenvalue weighted by Crippen LogP contribution is -2.25. The molecule has 1 spiro atoms. The van der Waals surface area contributed by atoms with Gasteiger partial charge in [-0.15, -0.1) is 0 Å². The average Bonchev–Trinajstić information content (AvgIpc) is 3.40. The van der Waals surface area contributed by atoms with Gasteiger partial charge >= 0.3 is 0 Å². The zero-order valence-corrected chi connectivity index (χ0v) is 44.0. The topological polar surface area (TPSA) is 34.0 Å². The fourth-order valence-corrected chi connectivity index (χ4v) is 13.9. The third kappa shape index (κ3) is 6.65. The number of para-hydroxylation sites is 3. The SMILES string of the molecule is c1ccc(N(c2ccc(-c3ccc4c(c3)c3ccccc3n4-c3ccccc3)cc2)c2ccc(-c3nc4c5ccccc5c5ccccc5c4nc3-c3ccc4c(c3)C3(c5ccccc5-c5ccccc53)c3ccccc3-4)cc2)cc1.